The van der Waals surface area contributed by atoms with E-state index in [0.29, 0.717) is 6.42 Å². The highest BCUT2D eigenvalue weighted by molar-refractivity contribution is 5.90. The number of hydroxylamine groups is 1. The first-order valence-electron chi connectivity index (χ1n) is 8.24. The number of hydrogen-bond donors (Lipinski definition) is 5. The second-order valence-electron chi connectivity index (χ2n) is 6.39. The minimum absolute atomic E-state index is 0.0618. The number of nitrogens with two attached hydrogens (primary N) is 2. The topological polar surface area (TPSA) is 157 Å². The van der Waals surface area contributed by atoms with Gasteiger partial charge in [-0.3, -0.25) is 4.79 Å². The fourth-order valence-electron chi connectivity index (χ4n) is 2.16. The Labute approximate surface area is 152 Å². The maximum absolute atomic E-state index is 12.3. The van der Waals surface area contributed by atoms with Gasteiger partial charge in [0.25, 0.3) is 0 Å². The van der Waals surface area contributed by atoms with Gasteiger partial charge in [-0.25, -0.2) is 9.59 Å². The Kier molecular flexibility index (Phi) is 8.01. The van der Waals surface area contributed by atoms with E-state index in [1.165, 1.54) is 0 Å². The molecule has 9 heteroatoms. The lowest BCUT2D eigenvalue weighted by Gasteiger charge is -2.32. The molecule has 0 aliphatic rings. The minimum Gasteiger partial charge on any atom is -0.362 e. The Balaban J connectivity index is 2.77. The quantitative estimate of drug-likeness (QED) is 0.320. The molecule has 0 bridgehead atoms. The van der Waals surface area contributed by atoms with Gasteiger partial charge in [-0.05, 0) is 24.3 Å². The molecule has 0 aliphatic carbocycles. The molecule has 26 heavy (non-hydrogen) atoms. The van der Waals surface area contributed by atoms with Crippen molar-refractivity contribution in [2.24, 2.45) is 17.4 Å². The number of amides is 3. The average molecular weight is 366 g/mol. The SMILES string of the molecule is CC(C)CCC(=O)ONC(=O)[C@](O)(NC(N)=O)[C@H](N)Cc1ccccc1. The van der Waals surface area contributed by atoms with Gasteiger partial charge >= 0.3 is 17.9 Å². The maximum atomic E-state index is 12.3. The molecule has 1 aromatic carbocycles. The molecule has 9 nitrogen and oxygen atoms in total. The van der Waals surface area contributed by atoms with E-state index in [4.69, 9.17) is 11.5 Å². The van der Waals surface area contributed by atoms with Crippen molar-refractivity contribution in [1.29, 1.82) is 0 Å². The van der Waals surface area contributed by atoms with Gasteiger partial charge in [-0.1, -0.05) is 44.2 Å². The predicted octanol–water partition coefficient (Wildman–Crippen LogP) is -0.0761. The van der Waals surface area contributed by atoms with Crippen LogP contribution >= 0.6 is 0 Å². The molecular formula is C17H26N4O5. The minimum atomic E-state index is -2.56. The summed E-state index contributed by atoms with van der Waals surface area (Å²) in [5.41, 5.74) is 11.0. The zero-order valence-electron chi connectivity index (χ0n) is 14.9. The van der Waals surface area contributed by atoms with Crippen LogP contribution in [0.2, 0.25) is 0 Å². The summed E-state index contributed by atoms with van der Waals surface area (Å²) in [6.07, 6.45) is 0.730. The van der Waals surface area contributed by atoms with Crippen LogP contribution in [-0.4, -0.2) is 34.8 Å². The molecule has 0 saturated heterocycles. The van der Waals surface area contributed by atoms with Gasteiger partial charge in [0.2, 0.25) is 5.72 Å². The summed E-state index contributed by atoms with van der Waals surface area (Å²) in [6.45, 7) is 3.87. The molecular weight excluding hydrogens is 340 g/mol. The number of hydrogen-bond acceptors (Lipinski definition) is 6. The molecule has 7 N–H and O–H groups in total. The first-order chi connectivity index (χ1) is 12.1. The van der Waals surface area contributed by atoms with Crippen LogP contribution in [0.5, 0.6) is 0 Å². The largest absolute Gasteiger partial charge is 0.362 e. The highest BCUT2D eigenvalue weighted by Gasteiger charge is 2.44. The fraction of sp³-hybridized carbons (Fsp3) is 0.471. The first-order valence-corrected chi connectivity index (χ1v) is 8.24. The van der Waals surface area contributed by atoms with Crippen LogP contribution < -0.4 is 22.3 Å². The first kappa shape index (κ1) is 21.4. The Morgan fingerprint density at radius 1 is 1.23 bits per heavy atom. The Bertz CT molecular complexity index is 623. The normalized spacial score (nSPS) is 14.2. The summed E-state index contributed by atoms with van der Waals surface area (Å²) >= 11 is 0. The van der Waals surface area contributed by atoms with Gasteiger partial charge in [-0.15, -0.1) is 0 Å². The van der Waals surface area contributed by atoms with Gasteiger partial charge in [-0.2, -0.15) is 5.48 Å². The average Bonchev–Trinajstić information content (AvgIpc) is 2.57. The van der Waals surface area contributed by atoms with Gasteiger partial charge in [0, 0.05) is 6.42 Å². The van der Waals surface area contributed by atoms with Gasteiger partial charge in [0.15, 0.2) is 0 Å². The molecule has 144 valence electrons. The van der Waals surface area contributed by atoms with Gasteiger partial charge in [0.1, 0.15) is 0 Å². The summed E-state index contributed by atoms with van der Waals surface area (Å²) in [6, 6.07) is 6.41. The monoisotopic (exact) mass is 366 g/mol. The Hall–Kier alpha value is -2.65. The van der Waals surface area contributed by atoms with Gasteiger partial charge < -0.3 is 26.7 Å². The second kappa shape index (κ2) is 9.73. The number of rotatable bonds is 8. The molecule has 0 fully saturated rings. The third-order valence-electron chi connectivity index (χ3n) is 3.68. The highest BCUT2D eigenvalue weighted by Crippen LogP contribution is 2.12. The molecule has 1 aromatic rings. The Morgan fingerprint density at radius 2 is 1.85 bits per heavy atom. The lowest BCUT2D eigenvalue weighted by Crippen LogP contribution is -2.69. The number of carbonyl (C=O) groups excluding carboxylic acids is 3. The smallest absolute Gasteiger partial charge is 0.332 e. The molecule has 0 saturated carbocycles. The number of urea groups is 1. The molecule has 0 unspecified atom stereocenters. The van der Waals surface area contributed by atoms with Gasteiger partial charge in [0.05, 0.1) is 6.04 Å². The third-order valence-corrected chi connectivity index (χ3v) is 3.68. The molecule has 0 aromatic heterocycles. The van der Waals surface area contributed by atoms with E-state index in [1.54, 1.807) is 30.3 Å². The van der Waals surface area contributed by atoms with E-state index in [2.05, 4.69) is 4.84 Å². The summed E-state index contributed by atoms with van der Waals surface area (Å²) < 4.78 is 0. The predicted molar refractivity (Wildman–Crippen MR) is 94.1 cm³/mol. The number of primary amides is 1. The van der Waals surface area contributed by atoms with Crippen molar-refractivity contribution >= 4 is 17.9 Å². The van der Waals surface area contributed by atoms with Crippen molar-refractivity contribution in [3.63, 3.8) is 0 Å². The van der Waals surface area contributed by atoms with Crippen molar-refractivity contribution in [3.05, 3.63) is 35.9 Å². The summed E-state index contributed by atoms with van der Waals surface area (Å²) in [5.74, 6) is -1.59. The lowest BCUT2D eigenvalue weighted by atomic mass is 9.96. The van der Waals surface area contributed by atoms with Crippen molar-refractivity contribution in [2.75, 3.05) is 0 Å². The standard InChI is InChI=1S/C17H26N4O5/c1-11(2)8-9-14(22)26-21-15(23)17(25,20-16(19)24)13(18)10-12-6-4-3-5-7-12/h3-7,11,13,25H,8-10,18H2,1-2H3,(H,21,23)(H3,19,20,24)/t13-,17+/m1/s1. The number of nitrogens with one attached hydrogen (secondary N) is 2. The van der Waals surface area contributed by atoms with Crippen LogP contribution in [0.15, 0.2) is 30.3 Å². The third kappa shape index (κ3) is 6.69. The summed E-state index contributed by atoms with van der Waals surface area (Å²) in [7, 11) is 0. The zero-order valence-corrected chi connectivity index (χ0v) is 14.9. The van der Waals surface area contributed by atoms with Crippen molar-refractivity contribution < 1.29 is 24.3 Å². The van der Waals surface area contributed by atoms with E-state index in [0.717, 1.165) is 5.56 Å². The second-order valence-corrected chi connectivity index (χ2v) is 6.39. The highest BCUT2D eigenvalue weighted by atomic mass is 16.7. The van der Waals surface area contributed by atoms with Crippen molar-refractivity contribution in [1.82, 2.24) is 10.8 Å². The number of carbonyl (C=O) groups is 3. The molecule has 0 radical (unpaired) electrons. The fourth-order valence-corrected chi connectivity index (χ4v) is 2.16. The van der Waals surface area contributed by atoms with E-state index in [1.807, 2.05) is 24.6 Å². The number of benzene rings is 1. The van der Waals surface area contributed by atoms with E-state index >= 15 is 0 Å². The molecule has 0 spiro atoms. The molecule has 0 aliphatic heterocycles. The Morgan fingerprint density at radius 3 is 2.38 bits per heavy atom. The van der Waals surface area contributed by atoms with Crippen LogP contribution in [0.3, 0.4) is 0 Å². The molecule has 0 heterocycles. The molecule has 1 rings (SSSR count). The van der Waals surface area contributed by atoms with Crippen LogP contribution in [0, 0.1) is 5.92 Å². The van der Waals surface area contributed by atoms with Crippen LogP contribution in [0.1, 0.15) is 32.3 Å². The van der Waals surface area contributed by atoms with Crippen LogP contribution in [0.4, 0.5) is 4.79 Å². The summed E-state index contributed by atoms with van der Waals surface area (Å²) in [4.78, 5) is 39.7. The summed E-state index contributed by atoms with van der Waals surface area (Å²) in [5, 5.41) is 12.5. The van der Waals surface area contributed by atoms with Crippen molar-refractivity contribution in [2.45, 2.75) is 44.9 Å². The van der Waals surface area contributed by atoms with E-state index < -0.39 is 29.7 Å². The van der Waals surface area contributed by atoms with E-state index in [9.17, 15) is 19.5 Å². The molecule has 3 amide bonds. The zero-order chi connectivity index (χ0) is 19.7. The molecule has 2 atom stereocenters. The van der Waals surface area contributed by atoms with E-state index in [-0.39, 0.29) is 18.8 Å². The van der Waals surface area contributed by atoms with Crippen LogP contribution in [-0.2, 0) is 20.8 Å². The maximum Gasteiger partial charge on any atom is 0.332 e. The lowest BCUT2D eigenvalue weighted by molar-refractivity contribution is -0.169. The number of aliphatic hydroxyl groups is 1. The van der Waals surface area contributed by atoms with Crippen molar-refractivity contribution in [3.8, 4) is 0 Å². The van der Waals surface area contributed by atoms with Crippen LogP contribution in [0.25, 0.3) is 0 Å².